The second-order valence-electron chi connectivity index (χ2n) is 5.18. The number of hydrogen-bond donors (Lipinski definition) is 1. The van der Waals surface area contributed by atoms with Crippen LogP contribution in [0.25, 0.3) is 0 Å². The molecule has 106 valence electrons. The van der Waals surface area contributed by atoms with Gasteiger partial charge in [-0.25, -0.2) is 9.97 Å². The largest absolute Gasteiger partial charge is 0.367 e. The van der Waals surface area contributed by atoms with Crippen molar-refractivity contribution in [3.05, 3.63) is 23.8 Å². The van der Waals surface area contributed by atoms with E-state index < -0.39 is 0 Å². The van der Waals surface area contributed by atoms with Crippen molar-refractivity contribution in [1.82, 2.24) is 15.3 Å². The summed E-state index contributed by atoms with van der Waals surface area (Å²) in [7, 11) is 0. The van der Waals surface area contributed by atoms with Gasteiger partial charge >= 0.3 is 0 Å². The Morgan fingerprint density at radius 1 is 1.16 bits per heavy atom. The van der Waals surface area contributed by atoms with Gasteiger partial charge in [-0.3, -0.25) is 0 Å². The van der Waals surface area contributed by atoms with Gasteiger partial charge in [-0.05, 0) is 26.3 Å². The predicted molar refractivity (Wildman–Crippen MR) is 75.8 cm³/mol. The minimum Gasteiger partial charge on any atom is -0.367 e. The second kappa shape index (κ2) is 6.96. The van der Waals surface area contributed by atoms with Crippen molar-refractivity contribution in [2.75, 3.05) is 13.2 Å². The van der Waals surface area contributed by atoms with Gasteiger partial charge in [-0.2, -0.15) is 0 Å². The molecule has 0 aliphatic heterocycles. The molecule has 0 atom stereocenters. The van der Waals surface area contributed by atoms with Crippen molar-refractivity contribution in [2.45, 2.75) is 58.1 Å². The molecule has 1 aliphatic carbocycles. The Balaban J connectivity index is 2.12. The lowest BCUT2D eigenvalue weighted by Gasteiger charge is -2.35. The van der Waals surface area contributed by atoms with Gasteiger partial charge in [0.1, 0.15) is 5.60 Å². The number of ether oxygens (including phenoxy) is 1. The van der Waals surface area contributed by atoms with Gasteiger partial charge in [0.15, 0.2) is 5.82 Å². The van der Waals surface area contributed by atoms with Gasteiger partial charge in [0.25, 0.3) is 0 Å². The van der Waals surface area contributed by atoms with Crippen LogP contribution in [0.15, 0.2) is 12.4 Å². The Morgan fingerprint density at radius 3 is 2.42 bits per heavy atom. The molecule has 1 aromatic rings. The molecule has 0 bridgehead atoms. The zero-order chi connectivity index (χ0) is 13.6. The average Bonchev–Trinajstić information content (AvgIpc) is 2.47. The zero-order valence-corrected chi connectivity index (χ0v) is 12.1. The van der Waals surface area contributed by atoms with E-state index in [4.69, 9.17) is 4.74 Å². The quantitative estimate of drug-likeness (QED) is 0.857. The number of aromatic nitrogens is 2. The first-order valence-electron chi connectivity index (χ1n) is 7.47. The van der Waals surface area contributed by atoms with Crippen molar-refractivity contribution < 1.29 is 4.74 Å². The van der Waals surface area contributed by atoms with Crippen LogP contribution in [0.2, 0.25) is 0 Å². The number of rotatable bonds is 6. The first-order chi connectivity index (χ1) is 9.30. The Bertz CT molecular complexity index is 366. The van der Waals surface area contributed by atoms with E-state index in [0.29, 0.717) is 0 Å². The molecule has 0 spiro atoms. The third-order valence-corrected chi connectivity index (χ3v) is 3.77. The highest BCUT2D eigenvalue weighted by Crippen LogP contribution is 2.38. The van der Waals surface area contributed by atoms with Gasteiger partial charge in [-0.1, -0.05) is 26.2 Å². The molecule has 19 heavy (non-hydrogen) atoms. The minimum atomic E-state index is -0.232. The highest BCUT2D eigenvalue weighted by molar-refractivity contribution is 5.10. The topological polar surface area (TPSA) is 47.0 Å². The van der Waals surface area contributed by atoms with E-state index in [9.17, 15) is 0 Å². The van der Waals surface area contributed by atoms with Crippen LogP contribution in [0.1, 0.15) is 57.3 Å². The Morgan fingerprint density at radius 2 is 1.84 bits per heavy atom. The van der Waals surface area contributed by atoms with Gasteiger partial charge in [0.2, 0.25) is 0 Å². The summed E-state index contributed by atoms with van der Waals surface area (Å²) >= 11 is 0. The van der Waals surface area contributed by atoms with E-state index in [0.717, 1.165) is 43.9 Å². The molecule has 1 N–H and O–H groups in total. The maximum absolute atomic E-state index is 6.04. The van der Waals surface area contributed by atoms with Crippen molar-refractivity contribution in [2.24, 2.45) is 0 Å². The molecule has 1 aliphatic rings. The normalized spacial score (nSPS) is 18.4. The zero-order valence-electron chi connectivity index (χ0n) is 12.1. The molecule has 0 amide bonds. The number of nitrogens with zero attached hydrogens (tertiary/aromatic N) is 2. The molecule has 0 saturated heterocycles. The summed E-state index contributed by atoms with van der Waals surface area (Å²) in [4.78, 5) is 9.14. The van der Waals surface area contributed by atoms with Crippen LogP contribution in [-0.2, 0) is 16.9 Å². The standard InChI is InChI=1S/C15H25N3O/c1-3-16-10-13-11-17-14(18-12-13)15(19-4-2)8-6-5-7-9-15/h11-12,16H,3-10H2,1-2H3. The SMILES string of the molecule is CCNCc1cnc(C2(OCC)CCCCC2)nc1. The molecule has 0 radical (unpaired) electrons. The fraction of sp³-hybridized carbons (Fsp3) is 0.733. The molecule has 1 aromatic heterocycles. The fourth-order valence-corrected chi connectivity index (χ4v) is 2.78. The first kappa shape index (κ1) is 14.4. The molecule has 0 unspecified atom stereocenters. The smallest absolute Gasteiger partial charge is 0.160 e. The third kappa shape index (κ3) is 3.51. The van der Waals surface area contributed by atoms with Crippen LogP contribution in [0.3, 0.4) is 0 Å². The van der Waals surface area contributed by atoms with E-state index in [-0.39, 0.29) is 5.60 Å². The lowest BCUT2D eigenvalue weighted by Crippen LogP contribution is -2.34. The monoisotopic (exact) mass is 263 g/mol. The number of hydrogen-bond acceptors (Lipinski definition) is 4. The molecule has 1 heterocycles. The average molecular weight is 263 g/mol. The number of nitrogens with one attached hydrogen (secondary N) is 1. The van der Waals surface area contributed by atoms with Crippen molar-refractivity contribution in [3.63, 3.8) is 0 Å². The van der Waals surface area contributed by atoms with Crippen LogP contribution >= 0.6 is 0 Å². The molecule has 0 aromatic carbocycles. The Labute approximate surface area is 116 Å². The van der Waals surface area contributed by atoms with E-state index in [1.807, 2.05) is 12.4 Å². The minimum absolute atomic E-state index is 0.232. The summed E-state index contributed by atoms with van der Waals surface area (Å²) in [5.41, 5.74) is 0.900. The van der Waals surface area contributed by atoms with E-state index in [2.05, 4.69) is 29.1 Å². The van der Waals surface area contributed by atoms with Crippen LogP contribution < -0.4 is 5.32 Å². The lowest BCUT2D eigenvalue weighted by atomic mass is 9.84. The third-order valence-electron chi connectivity index (χ3n) is 3.77. The molecule has 1 fully saturated rings. The predicted octanol–water partition coefficient (Wildman–Crippen LogP) is 2.78. The maximum atomic E-state index is 6.04. The summed E-state index contributed by atoms with van der Waals surface area (Å²) in [6.45, 7) is 6.67. The van der Waals surface area contributed by atoms with Crippen LogP contribution in [0, 0.1) is 0 Å². The van der Waals surface area contributed by atoms with Crippen molar-refractivity contribution in [3.8, 4) is 0 Å². The second-order valence-corrected chi connectivity index (χ2v) is 5.18. The van der Waals surface area contributed by atoms with Crippen molar-refractivity contribution in [1.29, 1.82) is 0 Å². The van der Waals surface area contributed by atoms with Crippen molar-refractivity contribution >= 4 is 0 Å². The summed E-state index contributed by atoms with van der Waals surface area (Å²) in [6.07, 6.45) is 9.68. The summed E-state index contributed by atoms with van der Waals surface area (Å²) in [6, 6.07) is 0. The molecule has 4 nitrogen and oxygen atoms in total. The molecular formula is C15H25N3O. The van der Waals surface area contributed by atoms with Crippen LogP contribution in [0.5, 0.6) is 0 Å². The highest BCUT2D eigenvalue weighted by Gasteiger charge is 2.37. The van der Waals surface area contributed by atoms with Gasteiger partial charge in [0.05, 0.1) is 0 Å². The van der Waals surface area contributed by atoms with Crippen LogP contribution in [0.4, 0.5) is 0 Å². The maximum Gasteiger partial charge on any atom is 0.160 e. The molecular weight excluding hydrogens is 238 g/mol. The molecule has 2 rings (SSSR count). The molecule has 4 heteroatoms. The highest BCUT2D eigenvalue weighted by atomic mass is 16.5. The fourth-order valence-electron chi connectivity index (χ4n) is 2.78. The van der Waals surface area contributed by atoms with Gasteiger partial charge in [0, 0.05) is 31.1 Å². The molecule has 1 saturated carbocycles. The lowest BCUT2D eigenvalue weighted by molar-refractivity contribution is -0.0767. The van der Waals surface area contributed by atoms with E-state index in [1.54, 1.807) is 0 Å². The Kier molecular flexibility index (Phi) is 5.28. The Hall–Kier alpha value is -1.00. The van der Waals surface area contributed by atoms with Gasteiger partial charge in [-0.15, -0.1) is 0 Å². The summed E-state index contributed by atoms with van der Waals surface area (Å²) in [5, 5.41) is 3.29. The summed E-state index contributed by atoms with van der Waals surface area (Å²) in [5.74, 6) is 0.870. The van der Waals surface area contributed by atoms with E-state index in [1.165, 1.54) is 19.3 Å². The first-order valence-corrected chi connectivity index (χ1v) is 7.47. The van der Waals surface area contributed by atoms with Gasteiger partial charge < -0.3 is 10.1 Å². The summed E-state index contributed by atoms with van der Waals surface area (Å²) < 4.78 is 6.04. The van der Waals surface area contributed by atoms with E-state index >= 15 is 0 Å². The van der Waals surface area contributed by atoms with Crippen LogP contribution in [-0.4, -0.2) is 23.1 Å².